The second-order valence-corrected chi connectivity index (χ2v) is 6.49. The largest absolute Gasteiger partial charge is 0.418 e. The molecule has 0 aliphatic rings. The van der Waals surface area contributed by atoms with Crippen LogP contribution in [-0.4, -0.2) is 41.6 Å². The molecule has 0 saturated heterocycles. The van der Waals surface area contributed by atoms with Crippen molar-refractivity contribution >= 4 is 0 Å². The SMILES string of the molecule is OC(c1ccc(C(F)(F)C(O)(Cn2cnnn2)c2ccc(F)cc2F)nc1)C(F)(F)F. The Bertz CT molecular complexity index is 1040. The van der Waals surface area contributed by atoms with Gasteiger partial charge in [0.15, 0.2) is 11.7 Å². The summed E-state index contributed by atoms with van der Waals surface area (Å²) in [6.45, 7) is -1.12. The van der Waals surface area contributed by atoms with E-state index < -0.39 is 58.8 Å². The molecule has 0 aliphatic heterocycles. The highest BCUT2D eigenvalue weighted by atomic mass is 19.4. The van der Waals surface area contributed by atoms with Crippen molar-refractivity contribution in [2.45, 2.75) is 30.3 Å². The van der Waals surface area contributed by atoms with Gasteiger partial charge in [-0.15, -0.1) is 5.10 Å². The number of aliphatic hydroxyl groups excluding tert-OH is 1. The summed E-state index contributed by atoms with van der Waals surface area (Å²) in [6, 6.07) is 2.47. The van der Waals surface area contributed by atoms with Crippen LogP contribution in [0.3, 0.4) is 0 Å². The predicted molar refractivity (Wildman–Crippen MR) is 87.2 cm³/mol. The molecule has 14 heteroatoms. The Morgan fingerprint density at radius 2 is 1.74 bits per heavy atom. The molecule has 3 rings (SSSR count). The van der Waals surface area contributed by atoms with Crippen molar-refractivity contribution in [1.82, 2.24) is 25.2 Å². The van der Waals surface area contributed by atoms with Crippen molar-refractivity contribution in [2.75, 3.05) is 0 Å². The third-order valence-electron chi connectivity index (χ3n) is 4.41. The zero-order valence-electron chi connectivity index (χ0n) is 15.1. The molecular formula is C17H12F7N5O2. The minimum Gasteiger partial charge on any atom is -0.379 e. The molecule has 7 nitrogen and oxygen atoms in total. The van der Waals surface area contributed by atoms with E-state index in [-0.39, 0.29) is 6.07 Å². The van der Waals surface area contributed by atoms with Gasteiger partial charge in [0.1, 0.15) is 23.7 Å². The van der Waals surface area contributed by atoms with Crippen LogP contribution in [0.25, 0.3) is 0 Å². The molecule has 31 heavy (non-hydrogen) atoms. The van der Waals surface area contributed by atoms with Crippen LogP contribution in [0.1, 0.15) is 22.9 Å². The fourth-order valence-electron chi connectivity index (χ4n) is 2.82. The quantitative estimate of drug-likeness (QED) is 0.560. The Kier molecular flexibility index (Phi) is 5.71. The highest BCUT2D eigenvalue weighted by molar-refractivity contribution is 5.32. The first-order valence-electron chi connectivity index (χ1n) is 8.34. The number of aromatic nitrogens is 5. The van der Waals surface area contributed by atoms with Crippen molar-refractivity contribution in [3.8, 4) is 0 Å². The number of rotatable bonds is 6. The van der Waals surface area contributed by atoms with Crippen LogP contribution < -0.4 is 0 Å². The van der Waals surface area contributed by atoms with Gasteiger partial charge in [0.05, 0.1) is 6.54 Å². The summed E-state index contributed by atoms with van der Waals surface area (Å²) in [5, 5.41) is 29.9. The summed E-state index contributed by atoms with van der Waals surface area (Å²) < 4.78 is 96.9. The van der Waals surface area contributed by atoms with E-state index >= 15 is 8.78 Å². The van der Waals surface area contributed by atoms with Crippen molar-refractivity contribution < 1.29 is 40.9 Å². The lowest BCUT2D eigenvalue weighted by atomic mass is 9.84. The minimum absolute atomic E-state index is 0.270. The van der Waals surface area contributed by atoms with E-state index in [2.05, 4.69) is 20.5 Å². The fourth-order valence-corrected chi connectivity index (χ4v) is 2.82. The van der Waals surface area contributed by atoms with E-state index in [1.54, 1.807) is 0 Å². The van der Waals surface area contributed by atoms with Gasteiger partial charge in [0.25, 0.3) is 0 Å². The highest BCUT2D eigenvalue weighted by Crippen LogP contribution is 2.47. The topological polar surface area (TPSA) is 97.0 Å². The van der Waals surface area contributed by atoms with Crippen molar-refractivity contribution in [2.24, 2.45) is 0 Å². The first-order chi connectivity index (χ1) is 14.4. The molecule has 166 valence electrons. The van der Waals surface area contributed by atoms with Crippen LogP contribution in [0, 0.1) is 11.6 Å². The first kappa shape index (κ1) is 22.6. The lowest BCUT2D eigenvalue weighted by Crippen LogP contribution is -2.48. The summed E-state index contributed by atoms with van der Waals surface area (Å²) >= 11 is 0. The summed E-state index contributed by atoms with van der Waals surface area (Å²) in [7, 11) is 0. The maximum Gasteiger partial charge on any atom is 0.418 e. The molecule has 3 aromatic rings. The van der Waals surface area contributed by atoms with Gasteiger partial charge < -0.3 is 10.2 Å². The monoisotopic (exact) mass is 451 g/mol. The number of aliphatic hydroxyl groups is 2. The maximum absolute atomic E-state index is 15.4. The molecule has 2 N–H and O–H groups in total. The zero-order chi connectivity index (χ0) is 23.0. The van der Waals surface area contributed by atoms with Crippen molar-refractivity contribution in [3.63, 3.8) is 0 Å². The predicted octanol–water partition coefficient (Wildman–Crippen LogP) is 2.62. The maximum atomic E-state index is 15.4. The molecule has 1 aromatic carbocycles. The van der Waals surface area contributed by atoms with Gasteiger partial charge >= 0.3 is 12.1 Å². The van der Waals surface area contributed by atoms with Gasteiger partial charge in [-0.1, -0.05) is 6.07 Å². The van der Waals surface area contributed by atoms with E-state index in [9.17, 15) is 32.2 Å². The number of tetrazole rings is 1. The molecule has 0 amide bonds. The molecule has 0 saturated carbocycles. The lowest BCUT2D eigenvalue weighted by Gasteiger charge is -2.35. The number of pyridine rings is 1. The molecule has 2 atom stereocenters. The molecule has 0 aliphatic carbocycles. The van der Waals surface area contributed by atoms with Crippen LogP contribution in [-0.2, 0) is 18.1 Å². The Labute approximate surface area is 168 Å². The van der Waals surface area contributed by atoms with Gasteiger partial charge in [-0.25, -0.2) is 13.5 Å². The van der Waals surface area contributed by atoms with Crippen molar-refractivity contribution in [3.05, 3.63) is 71.3 Å². The molecule has 0 bridgehead atoms. The fraction of sp³-hybridized carbons (Fsp3) is 0.294. The van der Waals surface area contributed by atoms with E-state index in [1.165, 1.54) is 0 Å². The summed E-state index contributed by atoms with van der Waals surface area (Å²) in [5.74, 6) is -7.04. The number of hydrogen-bond acceptors (Lipinski definition) is 6. The first-order valence-corrected chi connectivity index (χ1v) is 8.34. The normalized spacial score (nSPS) is 15.5. The third-order valence-corrected chi connectivity index (χ3v) is 4.41. The molecule has 0 radical (unpaired) electrons. The highest BCUT2D eigenvalue weighted by Gasteiger charge is 2.58. The smallest absolute Gasteiger partial charge is 0.379 e. The Morgan fingerprint density at radius 3 is 2.26 bits per heavy atom. The molecule has 2 aromatic heterocycles. The molecule has 2 unspecified atom stereocenters. The second kappa shape index (κ2) is 7.85. The molecule has 0 spiro atoms. The zero-order valence-corrected chi connectivity index (χ0v) is 15.1. The average molecular weight is 451 g/mol. The number of hydrogen-bond donors (Lipinski definition) is 2. The minimum atomic E-state index is -5.07. The summed E-state index contributed by atoms with van der Waals surface area (Å²) in [5.41, 5.74) is -6.54. The van der Waals surface area contributed by atoms with Gasteiger partial charge in [-0.3, -0.25) is 4.98 Å². The molecule has 0 fully saturated rings. The molecular weight excluding hydrogens is 439 g/mol. The Hall–Kier alpha value is -3.13. The number of alkyl halides is 5. The third kappa shape index (κ3) is 4.20. The van der Waals surface area contributed by atoms with Crippen LogP contribution in [0.4, 0.5) is 30.7 Å². The van der Waals surface area contributed by atoms with Gasteiger partial charge in [-0.2, -0.15) is 22.0 Å². The van der Waals surface area contributed by atoms with Crippen LogP contribution in [0.2, 0.25) is 0 Å². The van der Waals surface area contributed by atoms with E-state index in [0.717, 1.165) is 6.33 Å². The Balaban J connectivity index is 2.09. The van der Waals surface area contributed by atoms with Crippen LogP contribution >= 0.6 is 0 Å². The average Bonchev–Trinajstić information content (AvgIpc) is 3.19. The number of benzene rings is 1. The van der Waals surface area contributed by atoms with E-state index in [1.807, 2.05) is 0 Å². The molecule has 2 heterocycles. The van der Waals surface area contributed by atoms with Crippen LogP contribution in [0.15, 0.2) is 42.9 Å². The summed E-state index contributed by atoms with van der Waals surface area (Å²) in [6.07, 6.45) is -6.85. The summed E-state index contributed by atoms with van der Waals surface area (Å²) in [4.78, 5) is 3.23. The number of nitrogens with zero attached hydrogens (tertiary/aromatic N) is 5. The number of halogens is 7. The van der Waals surface area contributed by atoms with E-state index in [4.69, 9.17) is 0 Å². The van der Waals surface area contributed by atoms with Crippen LogP contribution in [0.5, 0.6) is 0 Å². The lowest BCUT2D eigenvalue weighted by molar-refractivity contribution is -0.209. The van der Waals surface area contributed by atoms with Gasteiger partial charge in [-0.05, 0) is 28.6 Å². The van der Waals surface area contributed by atoms with E-state index in [0.29, 0.717) is 35.1 Å². The Morgan fingerprint density at radius 1 is 1.03 bits per heavy atom. The standard InChI is InChI=1S/C17H12F7N5O2/c18-10-2-3-11(12(19)5-10)15(31,7-29-8-26-27-28-29)16(20,21)13-4-1-9(6-25-13)14(30)17(22,23)24/h1-6,8,14,30-31H,7H2. The van der Waals surface area contributed by atoms with Crippen molar-refractivity contribution in [1.29, 1.82) is 0 Å². The second-order valence-electron chi connectivity index (χ2n) is 6.49. The van der Waals surface area contributed by atoms with Gasteiger partial charge in [0, 0.05) is 23.4 Å². The van der Waals surface area contributed by atoms with Gasteiger partial charge in [0.2, 0.25) is 0 Å².